The average Bonchev–Trinajstić information content (AvgIpc) is 2.06. The average molecular weight is 189 g/mol. The van der Waals surface area contributed by atoms with E-state index in [0.29, 0.717) is 0 Å². The van der Waals surface area contributed by atoms with Gasteiger partial charge in [-0.25, -0.2) is 0 Å². The zero-order chi connectivity index (χ0) is 10.8. The molecule has 1 heterocycles. The lowest BCUT2D eigenvalue weighted by atomic mass is 9.97. The maximum absolute atomic E-state index is 11.1. The van der Waals surface area contributed by atoms with E-state index >= 15 is 0 Å². The van der Waals surface area contributed by atoms with E-state index in [4.69, 9.17) is 0 Å². The number of hydrogen-bond donors (Lipinski definition) is 0. The highest BCUT2D eigenvalue weighted by atomic mass is 16.1. The molecule has 0 bridgehead atoms. The molecule has 74 valence electrons. The van der Waals surface area contributed by atoms with Gasteiger partial charge < -0.3 is 4.57 Å². The van der Waals surface area contributed by atoms with Crippen molar-refractivity contribution in [3.05, 3.63) is 34.2 Å². The van der Waals surface area contributed by atoms with Gasteiger partial charge in [-0.3, -0.25) is 4.79 Å². The summed E-state index contributed by atoms with van der Waals surface area (Å²) in [6, 6.07) is 3.29. The summed E-state index contributed by atoms with van der Waals surface area (Å²) >= 11 is 0. The smallest absolute Gasteiger partial charge is 0.250 e. The van der Waals surface area contributed by atoms with Crippen molar-refractivity contribution in [2.75, 3.05) is 0 Å². The zero-order valence-electron chi connectivity index (χ0n) is 9.09. The third kappa shape index (κ3) is 3.10. The van der Waals surface area contributed by atoms with E-state index in [0.717, 1.165) is 5.56 Å². The number of rotatable bonds is 0. The molecule has 1 aromatic rings. The minimum Gasteiger partial charge on any atom is -0.317 e. The molecule has 0 spiro atoms. The second kappa shape index (κ2) is 3.71. The first-order valence-corrected chi connectivity index (χ1v) is 4.58. The maximum Gasteiger partial charge on any atom is 0.250 e. The summed E-state index contributed by atoms with van der Waals surface area (Å²) in [5.74, 6) is 6.16. The summed E-state index contributed by atoms with van der Waals surface area (Å²) in [6.45, 7) is 6.17. The van der Waals surface area contributed by atoms with Crippen molar-refractivity contribution in [3.63, 3.8) is 0 Å². The van der Waals surface area contributed by atoms with Crippen molar-refractivity contribution in [3.8, 4) is 11.8 Å². The minimum absolute atomic E-state index is 0.00525. The molecule has 0 aliphatic carbocycles. The number of hydrogen-bond acceptors (Lipinski definition) is 1. The van der Waals surface area contributed by atoms with Crippen LogP contribution in [-0.4, -0.2) is 4.57 Å². The molecule has 0 atom stereocenters. The maximum atomic E-state index is 11.1. The molecule has 0 radical (unpaired) electrons. The van der Waals surface area contributed by atoms with Crippen LogP contribution in [0, 0.1) is 17.3 Å². The predicted octanol–water partition coefficient (Wildman–Crippen LogP) is 1.78. The fraction of sp³-hybridized carbons (Fsp3) is 0.417. The Morgan fingerprint density at radius 3 is 2.43 bits per heavy atom. The molecule has 2 nitrogen and oxygen atoms in total. The van der Waals surface area contributed by atoms with Gasteiger partial charge in [-0.2, -0.15) is 0 Å². The molecule has 0 unspecified atom stereocenters. The Kier molecular flexibility index (Phi) is 2.81. The zero-order valence-corrected chi connectivity index (χ0v) is 9.09. The molecule has 0 saturated carbocycles. The minimum atomic E-state index is -0.00805. The Bertz CT molecular complexity index is 438. The molecular weight excluding hydrogens is 174 g/mol. The molecule has 0 fully saturated rings. The first kappa shape index (κ1) is 10.6. The largest absolute Gasteiger partial charge is 0.317 e. The van der Waals surface area contributed by atoms with Gasteiger partial charge in [0.15, 0.2) is 0 Å². The van der Waals surface area contributed by atoms with Crippen molar-refractivity contribution in [2.45, 2.75) is 20.8 Å². The Hall–Kier alpha value is -1.49. The van der Waals surface area contributed by atoms with E-state index in [2.05, 4.69) is 32.6 Å². The molecule has 1 rings (SSSR count). The summed E-state index contributed by atoms with van der Waals surface area (Å²) in [4.78, 5) is 11.1. The van der Waals surface area contributed by atoms with Gasteiger partial charge in [0.2, 0.25) is 5.56 Å². The highest BCUT2D eigenvalue weighted by molar-refractivity contribution is 5.32. The van der Waals surface area contributed by atoms with Gasteiger partial charge in [-0.1, -0.05) is 11.8 Å². The Labute approximate surface area is 84.6 Å². The second-order valence-corrected chi connectivity index (χ2v) is 4.37. The standard InChI is InChI=1S/C12H15NO/c1-12(2,3)8-7-10-5-6-11(14)13(4)9-10/h5-6,9H,1-4H3. The first-order valence-electron chi connectivity index (χ1n) is 4.58. The molecule has 0 aliphatic heterocycles. The number of aryl methyl sites for hydroxylation is 1. The van der Waals surface area contributed by atoms with Crippen molar-refractivity contribution in [2.24, 2.45) is 12.5 Å². The van der Waals surface area contributed by atoms with Gasteiger partial charge in [0.1, 0.15) is 0 Å². The quantitative estimate of drug-likeness (QED) is 0.570. The second-order valence-electron chi connectivity index (χ2n) is 4.37. The van der Waals surface area contributed by atoms with E-state index in [-0.39, 0.29) is 11.0 Å². The Morgan fingerprint density at radius 1 is 1.29 bits per heavy atom. The molecule has 0 amide bonds. The highest BCUT2D eigenvalue weighted by Gasteiger charge is 2.03. The Morgan fingerprint density at radius 2 is 1.93 bits per heavy atom. The van der Waals surface area contributed by atoms with Crippen molar-refractivity contribution >= 4 is 0 Å². The van der Waals surface area contributed by atoms with E-state index in [1.807, 2.05) is 0 Å². The van der Waals surface area contributed by atoms with Crippen LogP contribution < -0.4 is 5.56 Å². The lowest BCUT2D eigenvalue weighted by Gasteiger charge is -2.06. The van der Waals surface area contributed by atoms with Crippen LogP contribution in [0.4, 0.5) is 0 Å². The monoisotopic (exact) mass is 189 g/mol. The number of nitrogens with zero attached hydrogens (tertiary/aromatic N) is 1. The third-order valence-corrected chi connectivity index (χ3v) is 1.67. The topological polar surface area (TPSA) is 22.0 Å². The lowest BCUT2D eigenvalue weighted by Crippen LogP contribution is -2.14. The summed E-state index contributed by atoms with van der Waals surface area (Å²) < 4.78 is 1.53. The highest BCUT2D eigenvalue weighted by Crippen LogP contribution is 2.10. The van der Waals surface area contributed by atoms with Gasteiger partial charge in [-0.05, 0) is 26.8 Å². The van der Waals surface area contributed by atoms with Crippen LogP contribution in [0.25, 0.3) is 0 Å². The van der Waals surface area contributed by atoms with Crippen LogP contribution in [0.1, 0.15) is 26.3 Å². The Balaban J connectivity index is 3.04. The van der Waals surface area contributed by atoms with Gasteiger partial charge in [0.25, 0.3) is 0 Å². The third-order valence-electron chi connectivity index (χ3n) is 1.67. The van der Waals surface area contributed by atoms with E-state index in [1.165, 1.54) is 10.6 Å². The number of aromatic nitrogens is 1. The van der Waals surface area contributed by atoms with Crippen LogP contribution in [0.2, 0.25) is 0 Å². The van der Waals surface area contributed by atoms with E-state index < -0.39 is 0 Å². The van der Waals surface area contributed by atoms with Crippen LogP contribution in [0.3, 0.4) is 0 Å². The summed E-state index contributed by atoms with van der Waals surface area (Å²) in [6.07, 6.45) is 1.75. The van der Waals surface area contributed by atoms with Gasteiger partial charge in [-0.15, -0.1) is 0 Å². The molecule has 0 aromatic carbocycles. The van der Waals surface area contributed by atoms with Crippen LogP contribution in [0.15, 0.2) is 23.1 Å². The summed E-state index contributed by atoms with van der Waals surface area (Å²) in [5, 5.41) is 0. The SMILES string of the molecule is Cn1cc(C#CC(C)(C)C)ccc1=O. The molecule has 2 heteroatoms. The summed E-state index contributed by atoms with van der Waals surface area (Å²) in [5.41, 5.74) is 0.864. The van der Waals surface area contributed by atoms with Crippen LogP contribution in [-0.2, 0) is 7.05 Å². The van der Waals surface area contributed by atoms with Gasteiger partial charge >= 0.3 is 0 Å². The lowest BCUT2D eigenvalue weighted by molar-refractivity contribution is 0.571. The van der Waals surface area contributed by atoms with Gasteiger partial charge in [0.05, 0.1) is 0 Å². The fourth-order valence-corrected chi connectivity index (χ4v) is 0.928. The molecule has 0 aliphatic rings. The molecule has 0 saturated heterocycles. The first-order chi connectivity index (χ1) is 6.38. The molecule has 14 heavy (non-hydrogen) atoms. The number of pyridine rings is 1. The summed E-state index contributed by atoms with van der Waals surface area (Å²) in [7, 11) is 1.73. The fourth-order valence-electron chi connectivity index (χ4n) is 0.928. The molecule has 0 N–H and O–H groups in total. The normalized spacial score (nSPS) is 10.6. The van der Waals surface area contributed by atoms with Crippen molar-refractivity contribution in [1.29, 1.82) is 0 Å². The van der Waals surface area contributed by atoms with Crippen molar-refractivity contribution < 1.29 is 0 Å². The van der Waals surface area contributed by atoms with E-state index in [1.54, 1.807) is 19.3 Å². The van der Waals surface area contributed by atoms with Crippen LogP contribution in [0.5, 0.6) is 0 Å². The molecular formula is C12H15NO. The predicted molar refractivity (Wildman–Crippen MR) is 58.0 cm³/mol. The van der Waals surface area contributed by atoms with Gasteiger partial charge in [0, 0.05) is 30.3 Å². The van der Waals surface area contributed by atoms with Crippen molar-refractivity contribution in [1.82, 2.24) is 4.57 Å². The van der Waals surface area contributed by atoms with E-state index in [9.17, 15) is 4.79 Å². The van der Waals surface area contributed by atoms with Crippen LogP contribution >= 0.6 is 0 Å². The molecule has 1 aromatic heterocycles.